The summed E-state index contributed by atoms with van der Waals surface area (Å²) in [6, 6.07) is -0.569. The van der Waals surface area contributed by atoms with Crippen molar-refractivity contribution in [3.8, 4) is 0 Å². The number of rotatable bonds is 51. The molecule has 0 radical (unpaired) electrons. The Hall–Kier alpha value is -1.92. The fraction of sp³-hybridized carbons (Fsp3) is 0.860. The van der Waals surface area contributed by atoms with Gasteiger partial charge in [0.25, 0.3) is 0 Å². The van der Waals surface area contributed by atoms with Gasteiger partial charge in [-0.25, -0.2) is 0 Å². The number of nitrogens with one attached hydrogen (secondary N) is 1. The van der Waals surface area contributed by atoms with Gasteiger partial charge in [-0.05, 0) is 77.0 Å². The van der Waals surface area contributed by atoms with Crippen molar-refractivity contribution >= 4 is 11.9 Å². The number of allylic oxidation sites excluding steroid dienone is 6. The Morgan fingerprint density at radius 2 is 0.810 bits per heavy atom. The smallest absolute Gasteiger partial charge is 0.305 e. The maximum absolute atomic E-state index is 12.5. The van der Waals surface area contributed by atoms with Gasteiger partial charge in [-0.3, -0.25) is 9.59 Å². The minimum absolute atomic E-state index is 0.0506. The Morgan fingerprint density at radius 3 is 1.27 bits per heavy atom. The van der Waals surface area contributed by atoms with Gasteiger partial charge in [-0.1, -0.05) is 237 Å². The number of carbonyl (C=O) groups is 2. The summed E-state index contributed by atoms with van der Waals surface area (Å²) in [4.78, 5) is 24.5. The second-order valence-electron chi connectivity index (χ2n) is 18.9. The molecule has 0 aromatic rings. The van der Waals surface area contributed by atoms with Gasteiger partial charge in [0.2, 0.25) is 5.91 Å². The van der Waals surface area contributed by atoms with E-state index in [0.717, 1.165) is 89.9 Å². The molecule has 0 rings (SSSR count). The molecule has 0 aliphatic rings. The molecule has 0 saturated carbocycles. The zero-order chi connectivity index (χ0) is 45.8. The van der Waals surface area contributed by atoms with Gasteiger partial charge >= 0.3 is 5.97 Å². The third kappa shape index (κ3) is 49.4. The topological polar surface area (TPSA) is 95.9 Å². The second-order valence-corrected chi connectivity index (χ2v) is 18.9. The third-order valence-corrected chi connectivity index (χ3v) is 12.7. The van der Waals surface area contributed by atoms with Crippen LogP contribution in [0.15, 0.2) is 36.5 Å². The van der Waals surface area contributed by atoms with E-state index in [1.54, 1.807) is 0 Å². The number of ether oxygens (including phenoxy) is 1. The summed E-state index contributed by atoms with van der Waals surface area (Å²) >= 11 is 0. The molecule has 6 nitrogen and oxygen atoms in total. The van der Waals surface area contributed by atoms with E-state index in [1.165, 1.54) is 167 Å². The fourth-order valence-electron chi connectivity index (χ4n) is 8.36. The minimum atomic E-state index is -0.688. The van der Waals surface area contributed by atoms with Crippen molar-refractivity contribution < 1.29 is 24.5 Å². The SMILES string of the molecule is CCCC/C=C\C/C=C\CCCCCCCC(=O)OCCCC/C=C\CCCCCCC(=O)NC(CO)C(O)CCCCCCCCCCCCCCCCCCCCCCCC. The Bertz CT molecular complexity index is 1020. The molecule has 1 amide bonds. The first-order valence-corrected chi connectivity index (χ1v) is 27.7. The van der Waals surface area contributed by atoms with Crippen molar-refractivity contribution in [2.24, 2.45) is 0 Å². The summed E-state index contributed by atoms with van der Waals surface area (Å²) in [7, 11) is 0. The Kier molecular flexibility index (Phi) is 51.1. The van der Waals surface area contributed by atoms with Crippen LogP contribution in [0.3, 0.4) is 0 Å². The van der Waals surface area contributed by atoms with E-state index in [4.69, 9.17) is 4.74 Å². The van der Waals surface area contributed by atoms with E-state index < -0.39 is 12.1 Å². The van der Waals surface area contributed by atoms with Gasteiger partial charge in [0.1, 0.15) is 0 Å². The Morgan fingerprint density at radius 1 is 0.444 bits per heavy atom. The molecular weight excluding hydrogens is 779 g/mol. The van der Waals surface area contributed by atoms with Crippen LogP contribution in [-0.2, 0) is 14.3 Å². The highest BCUT2D eigenvalue weighted by molar-refractivity contribution is 5.76. The van der Waals surface area contributed by atoms with Gasteiger partial charge in [0.05, 0.1) is 25.4 Å². The van der Waals surface area contributed by atoms with Crippen LogP contribution in [-0.4, -0.2) is 47.4 Å². The molecule has 0 aliphatic carbocycles. The zero-order valence-electron chi connectivity index (χ0n) is 42.1. The van der Waals surface area contributed by atoms with Crippen molar-refractivity contribution in [2.75, 3.05) is 13.2 Å². The van der Waals surface area contributed by atoms with Crippen LogP contribution in [0.5, 0.6) is 0 Å². The lowest BCUT2D eigenvalue weighted by Crippen LogP contribution is -2.45. The molecule has 0 aliphatic heterocycles. The number of unbranched alkanes of at least 4 members (excludes halogenated alkanes) is 34. The summed E-state index contributed by atoms with van der Waals surface area (Å²) in [5.41, 5.74) is 0. The molecule has 0 spiro atoms. The van der Waals surface area contributed by atoms with Crippen LogP contribution in [0.2, 0.25) is 0 Å². The molecule has 6 heteroatoms. The van der Waals surface area contributed by atoms with E-state index in [1.807, 2.05) is 0 Å². The van der Waals surface area contributed by atoms with Crippen molar-refractivity contribution in [1.29, 1.82) is 0 Å². The molecule has 0 fully saturated rings. The van der Waals surface area contributed by atoms with Crippen molar-refractivity contribution in [3.05, 3.63) is 36.5 Å². The van der Waals surface area contributed by atoms with Crippen molar-refractivity contribution in [2.45, 2.75) is 302 Å². The van der Waals surface area contributed by atoms with E-state index in [9.17, 15) is 19.8 Å². The highest BCUT2D eigenvalue weighted by Gasteiger charge is 2.20. The van der Waals surface area contributed by atoms with Crippen molar-refractivity contribution in [3.63, 3.8) is 0 Å². The number of hydrogen-bond donors (Lipinski definition) is 3. The molecule has 2 unspecified atom stereocenters. The van der Waals surface area contributed by atoms with E-state index >= 15 is 0 Å². The Balaban J connectivity index is 3.53. The number of aliphatic hydroxyl groups is 2. The van der Waals surface area contributed by atoms with Gasteiger partial charge in [-0.15, -0.1) is 0 Å². The summed E-state index contributed by atoms with van der Waals surface area (Å²) in [5, 5.41) is 23.3. The van der Waals surface area contributed by atoms with E-state index in [0.29, 0.717) is 25.9 Å². The number of aliphatic hydroxyl groups excluding tert-OH is 2. The largest absolute Gasteiger partial charge is 0.466 e. The Labute approximate surface area is 392 Å². The fourth-order valence-corrected chi connectivity index (χ4v) is 8.36. The maximum atomic E-state index is 12.5. The summed E-state index contributed by atoms with van der Waals surface area (Å²) in [6.07, 6.45) is 64.2. The zero-order valence-corrected chi connectivity index (χ0v) is 42.1. The predicted octanol–water partition coefficient (Wildman–Crippen LogP) is 16.9. The predicted molar refractivity (Wildman–Crippen MR) is 273 cm³/mol. The average Bonchev–Trinajstić information content (AvgIpc) is 3.28. The molecule has 63 heavy (non-hydrogen) atoms. The molecule has 0 bridgehead atoms. The van der Waals surface area contributed by atoms with Crippen LogP contribution in [0, 0.1) is 0 Å². The van der Waals surface area contributed by atoms with E-state index in [-0.39, 0.29) is 18.5 Å². The van der Waals surface area contributed by atoms with Crippen LogP contribution in [0.1, 0.15) is 290 Å². The molecule has 0 aromatic carbocycles. The van der Waals surface area contributed by atoms with Gasteiger partial charge < -0.3 is 20.3 Å². The summed E-state index contributed by atoms with van der Waals surface area (Å²) in [6.45, 7) is 4.83. The van der Waals surface area contributed by atoms with Crippen LogP contribution >= 0.6 is 0 Å². The normalized spacial score (nSPS) is 12.9. The lowest BCUT2D eigenvalue weighted by atomic mass is 10.0. The lowest BCUT2D eigenvalue weighted by Gasteiger charge is -2.22. The minimum Gasteiger partial charge on any atom is -0.466 e. The maximum Gasteiger partial charge on any atom is 0.305 e. The molecule has 3 N–H and O–H groups in total. The lowest BCUT2D eigenvalue weighted by molar-refractivity contribution is -0.143. The molecule has 0 heterocycles. The molecule has 2 atom stereocenters. The molecule has 0 aromatic heterocycles. The number of carbonyl (C=O) groups excluding carboxylic acids is 2. The van der Waals surface area contributed by atoms with Gasteiger partial charge in [0.15, 0.2) is 0 Å². The molecular formula is C57H107NO5. The number of amides is 1. The molecule has 370 valence electrons. The molecule has 0 saturated heterocycles. The van der Waals surface area contributed by atoms with Gasteiger partial charge in [-0.2, -0.15) is 0 Å². The van der Waals surface area contributed by atoms with Crippen LogP contribution < -0.4 is 5.32 Å². The highest BCUT2D eigenvalue weighted by atomic mass is 16.5. The average molecular weight is 886 g/mol. The first kappa shape index (κ1) is 61.1. The van der Waals surface area contributed by atoms with E-state index in [2.05, 4.69) is 55.6 Å². The monoisotopic (exact) mass is 886 g/mol. The second kappa shape index (κ2) is 52.7. The van der Waals surface area contributed by atoms with Gasteiger partial charge in [0, 0.05) is 12.8 Å². The first-order chi connectivity index (χ1) is 31.0. The quantitative estimate of drug-likeness (QED) is 0.0321. The number of hydrogen-bond acceptors (Lipinski definition) is 5. The van der Waals surface area contributed by atoms with Crippen LogP contribution in [0.25, 0.3) is 0 Å². The highest BCUT2D eigenvalue weighted by Crippen LogP contribution is 2.17. The third-order valence-electron chi connectivity index (χ3n) is 12.7. The van der Waals surface area contributed by atoms with Crippen LogP contribution in [0.4, 0.5) is 0 Å². The summed E-state index contributed by atoms with van der Waals surface area (Å²) in [5.74, 6) is -0.121. The van der Waals surface area contributed by atoms with Crippen molar-refractivity contribution in [1.82, 2.24) is 5.32 Å². The summed E-state index contributed by atoms with van der Waals surface area (Å²) < 4.78 is 5.42. The first-order valence-electron chi connectivity index (χ1n) is 27.7. The number of esters is 1. The standard InChI is InChI=1S/C57H107NO5/c1-3-5-7-9-11-13-15-17-19-20-21-22-23-24-25-26-27-29-33-37-41-45-49-55(60)54(53-59)58-56(61)50-46-42-38-34-31-32-36-40-44-48-52-63-57(62)51-47-43-39-35-30-28-18-16-14-12-10-8-6-4-2/h10,12,16,18,32,36,54-55,59-60H,3-9,11,13-15,17,19-31,33-35,37-53H2,1-2H3,(H,58,61)/b12-10-,18-16-,36-32-.